The van der Waals surface area contributed by atoms with Crippen molar-refractivity contribution in [1.29, 1.82) is 0 Å². The second-order valence-corrected chi connectivity index (χ2v) is 5.31. The first-order chi connectivity index (χ1) is 11.4. The number of non-ortho nitro benzene ring substituents is 1. The number of hydrogen-bond acceptors (Lipinski definition) is 5. The fourth-order valence-electron chi connectivity index (χ4n) is 2.05. The zero-order chi connectivity index (χ0) is 17.7. The lowest BCUT2D eigenvalue weighted by atomic mass is 10.2. The number of ether oxygens (including phenoxy) is 2. The Bertz CT molecular complexity index is 780. The van der Waals surface area contributed by atoms with E-state index in [1.54, 1.807) is 38.5 Å². The molecule has 2 aromatic carbocycles. The van der Waals surface area contributed by atoms with E-state index < -0.39 is 4.92 Å². The first kappa shape index (κ1) is 17.5. The Morgan fingerprint density at radius 1 is 1.08 bits per heavy atom. The average Bonchev–Trinajstić information content (AvgIpc) is 2.56. The van der Waals surface area contributed by atoms with Crippen LogP contribution in [0.2, 0.25) is 0 Å². The van der Waals surface area contributed by atoms with Crippen LogP contribution in [0.5, 0.6) is 11.5 Å². The minimum atomic E-state index is -0.452. The summed E-state index contributed by atoms with van der Waals surface area (Å²) < 4.78 is 10.5. The molecule has 2 N–H and O–H groups in total. The first-order valence-electron chi connectivity index (χ1n) is 6.99. The number of methoxy groups -OCH3 is 2. The highest BCUT2D eigenvalue weighted by molar-refractivity contribution is 7.80. The minimum absolute atomic E-state index is 0.00939. The van der Waals surface area contributed by atoms with Crippen LogP contribution in [0.1, 0.15) is 5.56 Å². The Morgan fingerprint density at radius 3 is 2.42 bits per heavy atom. The molecule has 126 valence electrons. The Morgan fingerprint density at radius 2 is 1.79 bits per heavy atom. The van der Waals surface area contributed by atoms with E-state index in [1.165, 1.54) is 12.1 Å². The van der Waals surface area contributed by atoms with Gasteiger partial charge in [0.2, 0.25) is 0 Å². The number of nitrogens with one attached hydrogen (secondary N) is 2. The third-order valence-corrected chi connectivity index (χ3v) is 3.54. The summed E-state index contributed by atoms with van der Waals surface area (Å²) >= 11 is 5.29. The summed E-state index contributed by atoms with van der Waals surface area (Å²) in [6, 6.07) is 9.81. The predicted molar refractivity (Wildman–Crippen MR) is 97.2 cm³/mol. The zero-order valence-electron chi connectivity index (χ0n) is 13.5. The Labute approximate surface area is 144 Å². The molecule has 0 saturated heterocycles. The molecular weight excluding hydrogens is 330 g/mol. The van der Waals surface area contributed by atoms with E-state index in [0.717, 1.165) is 5.56 Å². The summed E-state index contributed by atoms with van der Waals surface area (Å²) in [5.41, 5.74) is 2.01. The van der Waals surface area contributed by atoms with Crippen molar-refractivity contribution < 1.29 is 14.4 Å². The maximum absolute atomic E-state index is 10.9. The van der Waals surface area contributed by atoms with Crippen LogP contribution in [0.15, 0.2) is 36.4 Å². The number of thiocarbonyl (C=S) groups is 1. The Hall–Kier alpha value is -2.87. The number of benzene rings is 2. The molecule has 0 bridgehead atoms. The maximum atomic E-state index is 10.9. The second-order valence-electron chi connectivity index (χ2n) is 4.90. The van der Waals surface area contributed by atoms with Gasteiger partial charge in [-0.15, -0.1) is 0 Å². The summed E-state index contributed by atoms with van der Waals surface area (Å²) in [7, 11) is 3.11. The van der Waals surface area contributed by atoms with Crippen LogP contribution in [0.4, 0.5) is 17.1 Å². The normalized spacial score (nSPS) is 9.96. The molecule has 0 amide bonds. The lowest BCUT2D eigenvalue weighted by molar-refractivity contribution is -0.384. The van der Waals surface area contributed by atoms with Gasteiger partial charge in [0.1, 0.15) is 11.5 Å². The van der Waals surface area contributed by atoms with Crippen molar-refractivity contribution >= 4 is 34.4 Å². The molecule has 0 saturated carbocycles. The van der Waals surface area contributed by atoms with Crippen molar-refractivity contribution in [2.45, 2.75) is 6.92 Å². The van der Waals surface area contributed by atoms with E-state index >= 15 is 0 Å². The number of nitro benzene ring substituents is 1. The van der Waals surface area contributed by atoms with Crippen LogP contribution in [0, 0.1) is 17.0 Å². The SMILES string of the molecule is COc1ccc(OC)c(NC(=S)Nc2cc([N+](=O)[O-])ccc2C)c1. The van der Waals surface area contributed by atoms with E-state index in [4.69, 9.17) is 21.7 Å². The molecule has 2 aromatic rings. The van der Waals surface area contributed by atoms with Gasteiger partial charge in [0, 0.05) is 23.9 Å². The number of hydrogen-bond donors (Lipinski definition) is 2. The lowest BCUT2D eigenvalue weighted by Gasteiger charge is -2.15. The molecule has 0 aromatic heterocycles. The van der Waals surface area contributed by atoms with Crippen LogP contribution in [0.3, 0.4) is 0 Å². The van der Waals surface area contributed by atoms with Crippen LogP contribution in [-0.4, -0.2) is 24.3 Å². The number of rotatable bonds is 5. The van der Waals surface area contributed by atoms with Crippen molar-refractivity contribution in [3.8, 4) is 11.5 Å². The van der Waals surface area contributed by atoms with E-state index in [9.17, 15) is 10.1 Å². The molecule has 0 unspecified atom stereocenters. The summed E-state index contributed by atoms with van der Waals surface area (Å²) in [5, 5.41) is 17.1. The number of nitrogens with zero attached hydrogens (tertiary/aromatic N) is 1. The van der Waals surface area contributed by atoms with Crippen molar-refractivity contribution in [3.63, 3.8) is 0 Å². The van der Waals surface area contributed by atoms with Crippen LogP contribution in [0.25, 0.3) is 0 Å². The summed E-state index contributed by atoms with van der Waals surface area (Å²) in [4.78, 5) is 10.4. The van der Waals surface area contributed by atoms with Gasteiger partial charge in [-0.2, -0.15) is 0 Å². The summed E-state index contributed by atoms with van der Waals surface area (Å²) in [6.45, 7) is 1.83. The number of aryl methyl sites for hydroxylation is 1. The molecule has 0 aliphatic rings. The molecule has 0 aliphatic heterocycles. The van der Waals surface area contributed by atoms with Gasteiger partial charge in [-0.3, -0.25) is 10.1 Å². The number of anilines is 2. The largest absolute Gasteiger partial charge is 0.497 e. The second kappa shape index (κ2) is 7.60. The maximum Gasteiger partial charge on any atom is 0.271 e. The molecule has 7 nitrogen and oxygen atoms in total. The molecule has 0 heterocycles. The first-order valence-corrected chi connectivity index (χ1v) is 7.40. The molecule has 0 spiro atoms. The van der Waals surface area contributed by atoms with Crippen LogP contribution >= 0.6 is 12.2 Å². The van der Waals surface area contributed by atoms with Gasteiger partial charge in [-0.25, -0.2) is 0 Å². The van der Waals surface area contributed by atoms with Gasteiger partial charge >= 0.3 is 0 Å². The molecule has 0 aliphatic carbocycles. The third-order valence-electron chi connectivity index (χ3n) is 3.34. The number of nitro groups is 1. The quantitative estimate of drug-likeness (QED) is 0.484. The van der Waals surface area contributed by atoms with E-state index in [-0.39, 0.29) is 10.8 Å². The van der Waals surface area contributed by atoms with Gasteiger partial charge in [-0.05, 0) is 36.8 Å². The molecule has 24 heavy (non-hydrogen) atoms. The zero-order valence-corrected chi connectivity index (χ0v) is 14.3. The molecule has 0 fully saturated rings. The van der Waals surface area contributed by atoms with Gasteiger partial charge < -0.3 is 20.1 Å². The van der Waals surface area contributed by atoms with E-state index in [1.807, 2.05) is 6.92 Å². The van der Waals surface area contributed by atoms with Crippen molar-refractivity contribution in [3.05, 3.63) is 52.1 Å². The van der Waals surface area contributed by atoms with Gasteiger partial charge in [0.05, 0.1) is 24.8 Å². The monoisotopic (exact) mass is 347 g/mol. The minimum Gasteiger partial charge on any atom is -0.497 e. The molecule has 0 atom stereocenters. The fraction of sp³-hybridized carbons (Fsp3) is 0.188. The van der Waals surface area contributed by atoms with Gasteiger partial charge in [-0.1, -0.05) is 6.07 Å². The topological polar surface area (TPSA) is 85.7 Å². The van der Waals surface area contributed by atoms with Crippen molar-refractivity contribution in [2.24, 2.45) is 0 Å². The van der Waals surface area contributed by atoms with Crippen LogP contribution < -0.4 is 20.1 Å². The van der Waals surface area contributed by atoms with Gasteiger partial charge in [0.15, 0.2) is 5.11 Å². The molecular formula is C16H17N3O4S. The highest BCUT2D eigenvalue weighted by atomic mass is 32.1. The predicted octanol–water partition coefficient (Wildman–Crippen LogP) is 3.73. The average molecular weight is 347 g/mol. The highest BCUT2D eigenvalue weighted by Crippen LogP contribution is 2.29. The third kappa shape index (κ3) is 4.11. The van der Waals surface area contributed by atoms with Crippen molar-refractivity contribution in [2.75, 3.05) is 24.9 Å². The van der Waals surface area contributed by atoms with E-state index in [2.05, 4.69) is 10.6 Å². The molecule has 8 heteroatoms. The lowest BCUT2D eigenvalue weighted by Crippen LogP contribution is -2.20. The van der Waals surface area contributed by atoms with Gasteiger partial charge in [0.25, 0.3) is 5.69 Å². The Balaban J connectivity index is 2.20. The van der Waals surface area contributed by atoms with Crippen molar-refractivity contribution in [1.82, 2.24) is 0 Å². The summed E-state index contributed by atoms with van der Waals surface area (Å²) in [5.74, 6) is 1.24. The van der Waals surface area contributed by atoms with Crippen LogP contribution in [-0.2, 0) is 0 Å². The summed E-state index contributed by atoms with van der Waals surface area (Å²) in [6.07, 6.45) is 0. The smallest absolute Gasteiger partial charge is 0.271 e. The fourth-order valence-corrected chi connectivity index (χ4v) is 2.27. The molecule has 0 radical (unpaired) electrons. The highest BCUT2D eigenvalue weighted by Gasteiger charge is 2.11. The standard InChI is InChI=1S/C16H17N3O4S/c1-10-4-5-11(19(20)21)8-13(10)17-16(24)18-14-9-12(22-2)6-7-15(14)23-3/h4-9H,1-3H3,(H2,17,18,24). The Kier molecular flexibility index (Phi) is 5.54. The van der Waals surface area contributed by atoms with E-state index in [0.29, 0.717) is 22.9 Å². The molecule has 2 rings (SSSR count).